The highest BCUT2D eigenvalue weighted by atomic mass is 32.2. The number of carboxylic acids is 1. The molecular weight excluding hydrogens is 402 g/mol. The highest BCUT2D eigenvalue weighted by Crippen LogP contribution is 2.37. The third-order valence-corrected chi connectivity index (χ3v) is 6.31. The number of hydrogen-bond acceptors (Lipinski definition) is 7. The molecule has 146 valence electrons. The van der Waals surface area contributed by atoms with Crippen molar-refractivity contribution in [3.8, 4) is 0 Å². The fourth-order valence-corrected chi connectivity index (χ4v) is 4.66. The minimum atomic E-state index is -0.943. The van der Waals surface area contributed by atoms with Crippen molar-refractivity contribution in [2.24, 2.45) is 0 Å². The number of carboxylic acid groups (broad SMARTS) is 1. The van der Waals surface area contributed by atoms with Crippen molar-refractivity contribution in [3.63, 3.8) is 0 Å². The van der Waals surface area contributed by atoms with Crippen molar-refractivity contribution in [1.29, 1.82) is 0 Å². The summed E-state index contributed by atoms with van der Waals surface area (Å²) in [7, 11) is 0. The van der Waals surface area contributed by atoms with E-state index in [1.54, 1.807) is 36.4 Å². The number of nitro groups is 1. The Balaban J connectivity index is 1.67. The molecule has 0 aliphatic carbocycles. The van der Waals surface area contributed by atoms with Gasteiger partial charge in [0.05, 0.1) is 20.9 Å². The number of carbonyl (C=O) groups is 2. The van der Waals surface area contributed by atoms with Crippen molar-refractivity contribution < 1.29 is 19.6 Å². The van der Waals surface area contributed by atoms with Gasteiger partial charge in [0.15, 0.2) is 0 Å². The molecule has 2 atom stereocenters. The Bertz CT molecular complexity index is 894. The monoisotopic (exact) mass is 419 g/mol. The van der Waals surface area contributed by atoms with Crippen LogP contribution in [0.3, 0.4) is 0 Å². The van der Waals surface area contributed by atoms with E-state index in [4.69, 9.17) is 5.11 Å². The molecule has 0 radical (unpaired) electrons. The molecule has 3 N–H and O–H groups in total. The van der Waals surface area contributed by atoms with E-state index < -0.39 is 16.9 Å². The molecule has 3 rings (SSSR count). The van der Waals surface area contributed by atoms with Crippen LogP contribution < -0.4 is 10.6 Å². The van der Waals surface area contributed by atoms with Gasteiger partial charge >= 0.3 is 5.97 Å². The number of nitrogens with zero attached hydrogens (tertiary/aromatic N) is 1. The van der Waals surface area contributed by atoms with Gasteiger partial charge in [0.1, 0.15) is 6.04 Å². The van der Waals surface area contributed by atoms with Gasteiger partial charge in [0, 0.05) is 17.5 Å². The lowest BCUT2D eigenvalue weighted by molar-refractivity contribution is -0.387. The molecule has 0 spiro atoms. The van der Waals surface area contributed by atoms with Gasteiger partial charge in [0.25, 0.3) is 5.69 Å². The molecule has 0 unspecified atom stereocenters. The van der Waals surface area contributed by atoms with Gasteiger partial charge in [-0.15, -0.1) is 23.5 Å². The van der Waals surface area contributed by atoms with Crippen LogP contribution in [0, 0.1) is 10.1 Å². The maximum absolute atomic E-state index is 12.1. The molecule has 1 aliphatic heterocycles. The Labute approximate surface area is 169 Å². The predicted octanol–water partition coefficient (Wildman–Crippen LogP) is 3.11. The average Bonchev–Trinajstić information content (AvgIpc) is 3.17. The number of nitrogens with one attached hydrogen (secondary N) is 2. The largest absolute Gasteiger partial charge is 0.480 e. The lowest BCUT2D eigenvalue weighted by atomic mass is 10.2. The molecule has 2 aromatic carbocycles. The van der Waals surface area contributed by atoms with Crippen molar-refractivity contribution in [1.82, 2.24) is 5.32 Å². The van der Waals surface area contributed by atoms with Gasteiger partial charge in [0.2, 0.25) is 5.91 Å². The Morgan fingerprint density at radius 2 is 2.04 bits per heavy atom. The van der Waals surface area contributed by atoms with E-state index in [9.17, 15) is 19.7 Å². The number of benzene rings is 2. The molecule has 0 aromatic heterocycles. The first-order valence-corrected chi connectivity index (χ1v) is 10.3. The van der Waals surface area contributed by atoms with E-state index in [2.05, 4.69) is 10.6 Å². The third kappa shape index (κ3) is 5.03. The van der Waals surface area contributed by atoms with Crippen molar-refractivity contribution in [3.05, 3.63) is 64.2 Å². The zero-order valence-corrected chi connectivity index (χ0v) is 16.2. The molecule has 1 fully saturated rings. The van der Waals surface area contributed by atoms with Crippen molar-refractivity contribution in [2.45, 2.75) is 16.3 Å². The average molecular weight is 419 g/mol. The topological polar surface area (TPSA) is 122 Å². The standard InChI is InChI=1S/C18H17N3O5S2/c22-16(19-12-4-2-1-3-5-12)10-27-15-7-6-11(8-14(15)21(25)26)17-20-13(9-28-17)18(23)24/h1-8,13,17,20H,9-10H2,(H,19,22)(H,23,24)/t13-,17+/m1/s1. The summed E-state index contributed by atoms with van der Waals surface area (Å²) in [5, 5.41) is 25.9. The molecule has 1 amide bonds. The quantitative estimate of drug-likeness (QED) is 0.356. The van der Waals surface area contributed by atoms with E-state index in [1.807, 2.05) is 6.07 Å². The first-order valence-electron chi connectivity index (χ1n) is 8.30. The van der Waals surface area contributed by atoms with Crippen LogP contribution in [-0.2, 0) is 9.59 Å². The number of rotatable bonds is 7. The Kier molecular flexibility index (Phi) is 6.55. The van der Waals surface area contributed by atoms with Gasteiger partial charge in [-0.05, 0) is 23.8 Å². The Hall–Kier alpha value is -2.56. The lowest BCUT2D eigenvalue weighted by Gasteiger charge is -2.12. The minimum Gasteiger partial charge on any atom is -0.480 e. The van der Waals surface area contributed by atoms with E-state index in [0.29, 0.717) is 21.9 Å². The molecule has 1 heterocycles. The summed E-state index contributed by atoms with van der Waals surface area (Å²) in [4.78, 5) is 34.5. The minimum absolute atomic E-state index is 0.0343. The normalized spacial score (nSPS) is 18.6. The molecule has 8 nitrogen and oxygen atoms in total. The first kappa shape index (κ1) is 20.2. The van der Waals surface area contributed by atoms with Crippen LogP contribution in [0.25, 0.3) is 0 Å². The maximum Gasteiger partial charge on any atom is 0.321 e. The number of carbonyl (C=O) groups excluding carboxylic acids is 1. The Morgan fingerprint density at radius 1 is 1.29 bits per heavy atom. The number of thioether (sulfide) groups is 2. The molecule has 28 heavy (non-hydrogen) atoms. The van der Waals surface area contributed by atoms with Crippen LogP contribution in [0.15, 0.2) is 53.4 Å². The number of amides is 1. The van der Waals surface area contributed by atoms with E-state index in [0.717, 1.165) is 11.8 Å². The molecule has 2 aromatic rings. The summed E-state index contributed by atoms with van der Waals surface area (Å²) in [6, 6.07) is 13.0. The van der Waals surface area contributed by atoms with Crippen LogP contribution in [0.2, 0.25) is 0 Å². The molecule has 0 bridgehead atoms. The summed E-state index contributed by atoms with van der Waals surface area (Å²) in [6.07, 6.45) is 0. The summed E-state index contributed by atoms with van der Waals surface area (Å²) < 4.78 is 0. The number of aliphatic carboxylic acids is 1. The van der Waals surface area contributed by atoms with Crippen LogP contribution in [0.4, 0.5) is 11.4 Å². The zero-order valence-electron chi connectivity index (χ0n) is 14.5. The summed E-state index contributed by atoms with van der Waals surface area (Å²) in [6.45, 7) is 0. The van der Waals surface area contributed by atoms with Gasteiger partial charge in [-0.2, -0.15) is 0 Å². The first-order chi connectivity index (χ1) is 13.4. The van der Waals surface area contributed by atoms with Gasteiger partial charge in [-0.3, -0.25) is 25.0 Å². The SMILES string of the molecule is O=C(CSc1ccc([C@H]2N[C@@H](C(=O)O)CS2)cc1[N+](=O)[O-])Nc1ccccc1. The second kappa shape index (κ2) is 9.09. The molecule has 1 saturated heterocycles. The number of hydrogen-bond donors (Lipinski definition) is 3. The fraction of sp³-hybridized carbons (Fsp3) is 0.222. The van der Waals surface area contributed by atoms with E-state index >= 15 is 0 Å². The Morgan fingerprint density at radius 3 is 2.68 bits per heavy atom. The summed E-state index contributed by atoms with van der Waals surface area (Å²) in [5.41, 5.74) is 1.20. The van der Waals surface area contributed by atoms with Gasteiger partial charge in [-0.25, -0.2) is 0 Å². The second-order valence-electron chi connectivity index (χ2n) is 5.96. The fourth-order valence-electron chi connectivity index (χ4n) is 2.63. The molecule has 0 saturated carbocycles. The molecule has 1 aliphatic rings. The van der Waals surface area contributed by atoms with Gasteiger partial charge in [-0.1, -0.05) is 24.3 Å². The van der Waals surface area contributed by atoms with Crippen molar-refractivity contribution >= 4 is 46.8 Å². The lowest BCUT2D eigenvalue weighted by Crippen LogP contribution is -2.33. The highest BCUT2D eigenvalue weighted by molar-refractivity contribution is 8.00. The molecule has 10 heteroatoms. The third-order valence-electron chi connectivity index (χ3n) is 3.98. The zero-order chi connectivity index (χ0) is 20.1. The van der Waals surface area contributed by atoms with Crippen LogP contribution in [-0.4, -0.2) is 39.5 Å². The summed E-state index contributed by atoms with van der Waals surface area (Å²) >= 11 is 2.48. The molecular formula is C18H17N3O5S2. The number of para-hydroxylation sites is 1. The van der Waals surface area contributed by atoms with Crippen LogP contribution in [0.5, 0.6) is 0 Å². The second-order valence-corrected chi connectivity index (χ2v) is 8.11. The van der Waals surface area contributed by atoms with E-state index in [1.165, 1.54) is 17.8 Å². The summed E-state index contributed by atoms with van der Waals surface area (Å²) in [5.74, 6) is -0.774. The van der Waals surface area contributed by atoms with Crippen molar-refractivity contribution in [2.75, 3.05) is 16.8 Å². The van der Waals surface area contributed by atoms with E-state index in [-0.39, 0.29) is 22.7 Å². The van der Waals surface area contributed by atoms with Crippen LogP contribution >= 0.6 is 23.5 Å². The predicted molar refractivity (Wildman–Crippen MR) is 109 cm³/mol. The van der Waals surface area contributed by atoms with Gasteiger partial charge < -0.3 is 10.4 Å². The number of anilines is 1. The number of nitro benzene ring substituents is 1. The maximum atomic E-state index is 12.1. The smallest absolute Gasteiger partial charge is 0.321 e. The van der Waals surface area contributed by atoms with Crippen LogP contribution in [0.1, 0.15) is 10.9 Å². The highest BCUT2D eigenvalue weighted by Gasteiger charge is 2.31.